The lowest BCUT2D eigenvalue weighted by atomic mass is 10.3. The van der Waals surface area contributed by atoms with Crippen molar-refractivity contribution < 1.29 is 9.49 Å². The van der Waals surface area contributed by atoms with Crippen LogP contribution in [0.25, 0.3) is 0 Å². The zero-order chi connectivity index (χ0) is 10.9. The molecule has 0 radical (unpaired) electrons. The molecule has 0 aromatic heterocycles. The molecule has 0 aliphatic rings. The van der Waals surface area contributed by atoms with Crippen LogP contribution in [0.5, 0.6) is 0 Å². The normalized spacial score (nSPS) is 11.3. The van der Waals surface area contributed by atoms with E-state index in [0.717, 1.165) is 0 Å². The Kier molecular flexibility index (Phi) is 2.62. The highest BCUT2D eigenvalue weighted by Crippen LogP contribution is 2.37. The van der Waals surface area contributed by atoms with Crippen LogP contribution < -0.4 is 11.0 Å². The molecule has 0 amide bonds. The minimum atomic E-state index is -2.55. The molecule has 0 spiro atoms. The minimum absolute atomic E-state index is 0.0851. The molecule has 5 nitrogen and oxygen atoms in total. The number of hydrogen-bond acceptors (Lipinski definition) is 4. The summed E-state index contributed by atoms with van der Waals surface area (Å²) in [7, 11) is -2.55. The molecule has 6 heteroatoms. The van der Waals surface area contributed by atoms with Gasteiger partial charge < -0.3 is 10.3 Å². The molecule has 0 aliphatic heterocycles. The summed E-state index contributed by atoms with van der Waals surface area (Å²) in [6, 6.07) is 3.98. The van der Waals surface area contributed by atoms with Gasteiger partial charge in [0, 0.05) is 23.1 Å². The summed E-state index contributed by atoms with van der Waals surface area (Å²) in [5, 5.41) is 10.8. The molecule has 1 rings (SSSR count). The molecular weight excluding hydrogens is 203 g/mol. The van der Waals surface area contributed by atoms with E-state index in [1.54, 1.807) is 0 Å². The molecule has 0 fully saturated rings. The first-order valence-corrected chi connectivity index (χ1v) is 6.52. The Labute approximate surface area is 81.4 Å². The predicted octanol–water partition coefficient (Wildman–Crippen LogP) is 1.42. The van der Waals surface area contributed by atoms with E-state index in [9.17, 15) is 14.7 Å². The smallest absolute Gasteiger partial charge is 0.270 e. The van der Waals surface area contributed by atoms with Gasteiger partial charge in [-0.3, -0.25) is 10.1 Å². The second-order valence-corrected chi connectivity index (χ2v) is 6.53. The second-order valence-electron chi connectivity index (χ2n) is 3.35. The van der Waals surface area contributed by atoms with Crippen LogP contribution in [0.15, 0.2) is 18.2 Å². The minimum Gasteiger partial charge on any atom is -0.398 e. The average molecular weight is 214 g/mol. The van der Waals surface area contributed by atoms with Crippen molar-refractivity contribution in [1.82, 2.24) is 0 Å². The Morgan fingerprint density at radius 1 is 1.43 bits per heavy atom. The third kappa shape index (κ3) is 2.12. The van der Waals surface area contributed by atoms with Crippen LogP contribution in [0.1, 0.15) is 0 Å². The van der Waals surface area contributed by atoms with E-state index in [-0.39, 0.29) is 5.69 Å². The van der Waals surface area contributed by atoms with E-state index in [4.69, 9.17) is 5.73 Å². The monoisotopic (exact) mass is 214 g/mol. The second kappa shape index (κ2) is 3.42. The Morgan fingerprint density at radius 2 is 2.00 bits per heavy atom. The van der Waals surface area contributed by atoms with Crippen LogP contribution in [0.4, 0.5) is 11.4 Å². The van der Waals surface area contributed by atoms with Gasteiger partial charge >= 0.3 is 0 Å². The van der Waals surface area contributed by atoms with E-state index >= 15 is 0 Å². The fourth-order valence-corrected chi connectivity index (χ4v) is 2.25. The van der Waals surface area contributed by atoms with E-state index in [0.29, 0.717) is 11.0 Å². The molecule has 76 valence electrons. The quantitative estimate of drug-likeness (QED) is 0.349. The van der Waals surface area contributed by atoms with Gasteiger partial charge in [-0.1, -0.05) is 0 Å². The number of hydrogen-bond donors (Lipinski definition) is 1. The predicted molar refractivity (Wildman–Crippen MR) is 56.6 cm³/mol. The molecular formula is C8H11N2O3P. The Bertz CT molecular complexity index is 425. The highest BCUT2D eigenvalue weighted by molar-refractivity contribution is 7.70. The number of nitrogen functional groups attached to an aromatic ring is 1. The third-order valence-corrected chi connectivity index (χ3v) is 3.35. The maximum absolute atomic E-state index is 11.7. The van der Waals surface area contributed by atoms with Gasteiger partial charge in [-0.05, 0) is 19.4 Å². The summed E-state index contributed by atoms with van der Waals surface area (Å²) in [5.41, 5.74) is 5.83. The number of anilines is 1. The molecule has 1 aromatic carbocycles. The molecule has 0 aliphatic carbocycles. The van der Waals surface area contributed by atoms with Gasteiger partial charge in [-0.2, -0.15) is 0 Å². The molecule has 0 bridgehead atoms. The fraction of sp³-hybridized carbons (Fsp3) is 0.250. The van der Waals surface area contributed by atoms with E-state index in [1.807, 2.05) is 0 Å². The molecule has 2 N–H and O–H groups in total. The summed E-state index contributed by atoms with van der Waals surface area (Å²) < 4.78 is 11.7. The first kappa shape index (κ1) is 10.7. The number of nitrogens with two attached hydrogens (primary N) is 1. The Balaban J connectivity index is 3.36. The van der Waals surface area contributed by atoms with Crippen molar-refractivity contribution in [3.63, 3.8) is 0 Å². The van der Waals surface area contributed by atoms with Crippen LogP contribution >= 0.6 is 7.14 Å². The Morgan fingerprint density at radius 3 is 2.43 bits per heavy atom. The summed E-state index contributed by atoms with van der Waals surface area (Å²) >= 11 is 0. The van der Waals surface area contributed by atoms with Gasteiger partial charge in [0.1, 0.15) is 7.14 Å². The van der Waals surface area contributed by atoms with E-state index in [1.165, 1.54) is 31.5 Å². The van der Waals surface area contributed by atoms with Crippen LogP contribution in [0.2, 0.25) is 0 Å². The molecule has 1 aromatic rings. The number of rotatable bonds is 2. The lowest BCUT2D eigenvalue weighted by Crippen LogP contribution is -2.10. The summed E-state index contributed by atoms with van der Waals surface area (Å²) in [5.74, 6) is 0. The fourth-order valence-electron chi connectivity index (χ4n) is 1.11. The van der Waals surface area contributed by atoms with Crippen molar-refractivity contribution in [2.24, 2.45) is 0 Å². The summed E-state index contributed by atoms with van der Waals surface area (Å²) in [6.07, 6.45) is 0. The Hall–Kier alpha value is -1.35. The van der Waals surface area contributed by atoms with Gasteiger partial charge in [-0.15, -0.1) is 0 Å². The SMILES string of the molecule is CP(C)(=O)c1cc([N+](=O)[O-])ccc1N. The highest BCUT2D eigenvalue weighted by Gasteiger charge is 2.18. The van der Waals surface area contributed by atoms with Crippen molar-refractivity contribution >= 4 is 23.8 Å². The summed E-state index contributed by atoms with van der Waals surface area (Å²) in [6.45, 7) is 3.06. The molecule has 0 atom stereocenters. The zero-order valence-electron chi connectivity index (χ0n) is 7.93. The van der Waals surface area contributed by atoms with Gasteiger partial charge in [0.05, 0.1) is 4.92 Å². The van der Waals surface area contributed by atoms with Crippen molar-refractivity contribution in [2.75, 3.05) is 19.1 Å². The first-order valence-electron chi connectivity index (χ1n) is 3.92. The number of non-ortho nitro benzene ring substituents is 1. The van der Waals surface area contributed by atoms with E-state index in [2.05, 4.69) is 0 Å². The van der Waals surface area contributed by atoms with Crippen molar-refractivity contribution in [3.05, 3.63) is 28.3 Å². The van der Waals surface area contributed by atoms with Crippen LogP contribution in [0.3, 0.4) is 0 Å². The highest BCUT2D eigenvalue weighted by atomic mass is 31.2. The van der Waals surface area contributed by atoms with Crippen LogP contribution in [-0.2, 0) is 4.57 Å². The van der Waals surface area contributed by atoms with Crippen molar-refractivity contribution in [1.29, 1.82) is 0 Å². The third-order valence-electron chi connectivity index (χ3n) is 1.80. The van der Waals surface area contributed by atoms with Crippen molar-refractivity contribution in [3.8, 4) is 0 Å². The van der Waals surface area contributed by atoms with E-state index < -0.39 is 12.1 Å². The molecule has 0 heterocycles. The topological polar surface area (TPSA) is 86.2 Å². The maximum atomic E-state index is 11.7. The molecule has 0 unspecified atom stereocenters. The molecule has 0 saturated heterocycles. The standard InChI is InChI=1S/C8H11N2O3P/c1-14(2,13)8-5-6(10(11)12)3-4-7(8)9/h3-5H,9H2,1-2H3. The number of nitrogens with zero attached hydrogens (tertiary/aromatic N) is 1. The molecule has 0 saturated carbocycles. The van der Waals surface area contributed by atoms with Crippen LogP contribution in [0, 0.1) is 10.1 Å². The lowest BCUT2D eigenvalue weighted by Gasteiger charge is -2.09. The lowest BCUT2D eigenvalue weighted by molar-refractivity contribution is -0.384. The number of nitro groups is 1. The van der Waals surface area contributed by atoms with Crippen LogP contribution in [-0.4, -0.2) is 18.3 Å². The van der Waals surface area contributed by atoms with Crippen molar-refractivity contribution in [2.45, 2.75) is 0 Å². The maximum Gasteiger partial charge on any atom is 0.270 e. The first-order chi connectivity index (χ1) is 6.32. The largest absolute Gasteiger partial charge is 0.398 e. The van der Waals surface area contributed by atoms with Gasteiger partial charge in [0.15, 0.2) is 0 Å². The van der Waals surface area contributed by atoms with Gasteiger partial charge in [0.2, 0.25) is 0 Å². The number of benzene rings is 1. The number of nitro benzene ring substituents is 1. The average Bonchev–Trinajstić information content (AvgIpc) is 2.02. The van der Waals surface area contributed by atoms with Gasteiger partial charge in [-0.25, -0.2) is 0 Å². The molecule has 14 heavy (non-hydrogen) atoms. The van der Waals surface area contributed by atoms with Gasteiger partial charge in [0.25, 0.3) is 5.69 Å². The zero-order valence-corrected chi connectivity index (χ0v) is 8.82. The summed E-state index contributed by atoms with van der Waals surface area (Å²) in [4.78, 5) is 9.94.